The monoisotopic (exact) mass is 275 g/mol. The van der Waals surface area contributed by atoms with Crippen LogP contribution in [0.15, 0.2) is 30.3 Å². The van der Waals surface area contributed by atoms with Crippen molar-refractivity contribution in [3.05, 3.63) is 58.4 Å². The number of nitrogens with two attached hydrogens (primary N) is 1. The topological polar surface area (TPSA) is 55.5 Å². The maximum absolute atomic E-state index is 14.1. The standard InChI is InChI=1S/C16H18FNO2/c1-9-7-10(2)14(12(17)8-9)16(19)11-5-4-6-13(20-3)15(11)18/h4-8,16,19H,18H2,1-3H3. The number of aliphatic hydroxyl groups is 1. The van der Waals surface area contributed by atoms with Gasteiger partial charge in [-0.05, 0) is 37.1 Å². The van der Waals surface area contributed by atoms with Gasteiger partial charge in [0.1, 0.15) is 17.7 Å². The highest BCUT2D eigenvalue weighted by molar-refractivity contribution is 5.61. The molecule has 106 valence electrons. The molecule has 0 heterocycles. The molecule has 0 aliphatic rings. The van der Waals surface area contributed by atoms with Gasteiger partial charge in [-0.3, -0.25) is 0 Å². The van der Waals surface area contributed by atoms with E-state index >= 15 is 0 Å². The van der Waals surface area contributed by atoms with Gasteiger partial charge >= 0.3 is 0 Å². The first kappa shape index (κ1) is 14.3. The van der Waals surface area contributed by atoms with Crippen LogP contribution in [0.25, 0.3) is 0 Å². The average Bonchev–Trinajstić information content (AvgIpc) is 2.37. The van der Waals surface area contributed by atoms with Crippen LogP contribution in [0.2, 0.25) is 0 Å². The lowest BCUT2D eigenvalue weighted by Gasteiger charge is -2.18. The van der Waals surface area contributed by atoms with Gasteiger partial charge in [-0.15, -0.1) is 0 Å². The van der Waals surface area contributed by atoms with Gasteiger partial charge in [-0.2, -0.15) is 0 Å². The molecule has 4 heteroatoms. The summed E-state index contributed by atoms with van der Waals surface area (Å²) in [4.78, 5) is 0. The summed E-state index contributed by atoms with van der Waals surface area (Å²) in [5.41, 5.74) is 8.47. The number of para-hydroxylation sites is 1. The lowest BCUT2D eigenvalue weighted by molar-refractivity contribution is 0.214. The van der Waals surface area contributed by atoms with Crippen LogP contribution in [0.5, 0.6) is 5.75 Å². The second kappa shape index (κ2) is 5.51. The fourth-order valence-electron chi connectivity index (χ4n) is 2.41. The Morgan fingerprint density at radius 3 is 2.55 bits per heavy atom. The minimum atomic E-state index is -1.12. The number of hydrogen-bond donors (Lipinski definition) is 2. The zero-order chi connectivity index (χ0) is 14.9. The number of ether oxygens (including phenoxy) is 1. The number of halogens is 1. The van der Waals surface area contributed by atoms with Crippen molar-refractivity contribution in [2.75, 3.05) is 12.8 Å². The smallest absolute Gasteiger partial charge is 0.142 e. The molecule has 0 saturated carbocycles. The Balaban J connectivity index is 2.55. The van der Waals surface area contributed by atoms with Crippen LogP contribution in [0.3, 0.4) is 0 Å². The van der Waals surface area contributed by atoms with Crippen LogP contribution in [-0.2, 0) is 0 Å². The third kappa shape index (κ3) is 2.47. The molecular formula is C16H18FNO2. The predicted octanol–water partition coefficient (Wildman–Crippen LogP) is 3.12. The zero-order valence-corrected chi connectivity index (χ0v) is 11.8. The van der Waals surface area contributed by atoms with E-state index in [2.05, 4.69) is 0 Å². The van der Waals surface area contributed by atoms with Crippen LogP contribution >= 0.6 is 0 Å². The van der Waals surface area contributed by atoms with Crippen LogP contribution in [-0.4, -0.2) is 12.2 Å². The van der Waals surface area contributed by atoms with Crippen molar-refractivity contribution < 1.29 is 14.2 Å². The predicted molar refractivity (Wildman–Crippen MR) is 77.3 cm³/mol. The third-order valence-corrected chi connectivity index (χ3v) is 3.37. The normalized spacial score (nSPS) is 12.2. The Morgan fingerprint density at radius 2 is 1.95 bits per heavy atom. The largest absolute Gasteiger partial charge is 0.495 e. The summed E-state index contributed by atoms with van der Waals surface area (Å²) in [7, 11) is 1.50. The lowest BCUT2D eigenvalue weighted by Crippen LogP contribution is -2.09. The summed E-state index contributed by atoms with van der Waals surface area (Å²) in [6.45, 7) is 3.58. The molecule has 3 N–H and O–H groups in total. The quantitative estimate of drug-likeness (QED) is 0.846. The van der Waals surface area contributed by atoms with Gasteiger partial charge in [-0.25, -0.2) is 4.39 Å². The Labute approximate surface area is 117 Å². The highest BCUT2D eigenvalue weighted by atomic mass is 19.1. The van der Waals surface area contributed by atoms with Crippen LogP contribution in [0, 0.1) is 19.7 Å². The Kier molecular flexibility index (Phi) is 3.95. The van der Waals surface area contributed by atoms with Gasteiger partial charge in [0.15, 0.2) is 0 Å². The molecular weight excluding hydrogens is 257 g/mol. The molecule has 3 nitrogen and oxygen atoms in total. The number of aliphatic hydroxyl groups excluding tert-OH is 1. The first-order valence-electron chi connectivity index (χ1n) is 6.32. The highest BCUT2D eigenvalue weighted by Crippen LogP contribution is 2.35. The van der Waals surface area contributed by atoms with Crippen molar-refractivity contribution in [2.24, 2.45) is 0 Å². The molecule has 0 spiro atoms. The van der Waals surface area contributed by atoms with Gasteiger partial charge < -0.3 is 15.6 Å². The third-order valence-electron chi connectivity index (χ3n) is 3.37. The molecule has 0 saturated heterocycles. The molecule has 2 aromatic rings. The zero-order valence-electron chi connectivity index (χ0n) is 11.8. The van der Waals surface area contributed by atoms with E-state index in [0.29, 0.717) is 22.6 Å². The molecule has 0 amide bonds. The first-order chi connectivity index (χ1) is 9.45. The van der Waals surface area contributed by atoms with Gasteiger partial charge in [0.25, 0.3) is 0 Å². The number of anilines is 1. The van der Waals surface area contributed by atoms with Gasteiger partial charge in [0.2, 0.25) is 0 Å². The maximum atomic E-state index is 14.1. The van der Waals surface area contributed by atoms with Crippen LogP contribution < -0.4 is 10.5 Å². The first-order valence-corrected chi connectivity index (χ1v) is 6.32. The molecule has 2 aromatic carbocycles. The Morgan fingerprint density at radius 1 is 1.25 bits per heavy atom. The minimum Gasteiger partial charge on any atom is -0.495 e. The molecule has 1 unspecified atom stereocenters. The number of benzene rings is 2. The fourth-order valence-corrected chi connectivity index (χ4v) is 2.41. The molecule has 0 bridgehead atoms. The van der Waals surface area contributed by atoms with Crippen molar-refractivity contribution in [2.45, 2.75) is 20.0 Å². The average molecular weight is 275 g/mol. The highest BCUT2D eigenvalue weighted by Gasteiger charge is 2.21. The number of hydrogen-bond acceptors (Lipinski definition) is 3. The SMILES string of the molecule is COc1cccc(C(O)c2c(C)cc(C)cc2F)c1N. The summed E-state index contributed by atoms with van der Waals surface area (Å²) in [5.74, 6) is 0.0314. The molecule has 0 radical (unpaired) electrons. The number of methoxy groups -OCH3 is 1. The number of rotatable bonds is 3. The van der Waals surface area contributed by atoms with E-state index in [-0.39, 0.29) is 5.56 Å². The summed E-state index contributed by atoms with van der Waals surface area (Å²) in [6, 6.07) is 8.32. The molecule has 2 rings (SSSR count). The van der Waals surface area contributed by atoms with Gasteiger partial charge in [-0.1, -0.05) is 18.2 Å². The second-order valence-corrected chi connectivity index (χ2v) is 4.84. The molecule has 1 atom stereocenters. The second-order valence-electron chi connectivity index (χ2n) is 4.84. The Bertz CT molecular complexity index is 617. The number of nitrogen functional groups attached to an aromatic ring is 1. The van der Waals surface area contributed by atoms with E-state index in [1.54, 1.807) is 25.1 Å². The minimum absolute atomic E-state index is 0.246. The molecule has 0 aliphatic carbocycles. The maximum Gasteiger partial charge on any atom is 0.142 e. The summed E-state index contributed by atoms with van der Waals surface area (Å²) in [6.07, 6.45) is -1.12. The van der Waals surface area contributed by atoms with Crippen molar-refractivity contribution in [1.82, 2.24) is 0 Å². The van der Waals surface area contributed by atoms with Crippen molar-refractivity contribution >= 4 is 5.69 Å². The summed E-state index contributed by atoms with van der Waals surface area (Å²) < 4.78 is 19.3. The van der Waals surface area contributed by atoms with Gasteiger partial charge in [0, 0.05) is 11.1 Å². The molecule has 0 aliphatic heterocycles. The molecule has 0 aromatic heterocycles. The number of aryl methyl sites for hydroxylation is 2. The summed E-state index contributed by atoms with van der Waals surface area (Å²) in [5, 5.41) is 10.5. The van der Waals surface area contributed by atoms with Crippen molar-refractivity contribution in [1.29, 1.82) is 0 Å². The van der Waals surface area contributed by atoms with E-state index < -0.39 is 11.9 Å². The lowest BCUT2D eigenvalue weighted by atomic mass is 9.94. The van der Waals surface area contributed by atoms with Crippen molar-refractivity contribution in [3.8, 4) is 5.75 Å². The van der Waals surface area contributed by atoms with E-state index in [1.807, 2.05) is 13.0 Å². The fraction of sp³-hybridized carbons (Fsp3) is 0.250. The van der Waals surface area contributed by atoms with Gasteiger partial charge in [0.05, 0.1) is 12.8 Å². The van der Waals surface area contributed by atoms with Crippen molar-refractivity contribution in [3.63, 3.8) is 0 Å². The van der Waals surface area contributed by atoms with E-state index in [1.165, 1.54) is 13.2 Å². The van der Waals surface area contributed by atoms with Crippen LogP contribution in [0.1, 0.15) is 28.4 Å². The van der Waals surface area contributed by atoms with E-state index in [0.717, 1.165) is 5.56 Å². The molecule has 20 heavy (non-hydrogen) atoms. The Hall–Kier alpha value is -2.07. The van der Waals surface area contributed by atoms with E-state index in [9.17, 15) is 9.50 Å². The summed E-state index contributed by atoms with van der Waals surface area (Å²) >= 11 is 0. The van der Waals surface area contributed by atoms with E-state index in [4.69, 9.17) is 10.5 Å². The molecule has 0 fully saturated rings. The van der Waals surface area contributed by atoms with Crippen LogP contribution in [0.4, 0.5) is 10.1 Å².